The van der Waals surface area contributed by atoms with Gasteiger partial charge in [0.15, 0.2) is 0 Å². The van der Waals surface area contributed by atoms with Crippen molar-refractivity contribution in [2.75, 3.05) is 7.05 Å². The van der Waals surface area contributed by atoms with Crippen LogP contribution in [0.1, 0.15) is 21.9 Å². The van der Waals surface area contributed by atoms with E-state index in [1.807, 2.05) is 6.92 Å². The van der Waals surface area contributed by atoms with E-state index in [1.54, 1.807) is 31.4 Å². The van der Waals surface area contributed by atoms with Crippen molar-refractivity contribution in [3.63, 3.8) is 0 Å². The van der Waals surface area contributed by atoms with E-state index in [4.69, 9.17) is 0 Å². The van der Waals surface area contributed by atoms with E-state index in [1.165, 1.54) is 21.5 Å². The minimum absolute atomic E-state index is 0.0435. The summed E-state index contributed by atoms with van der Waals surface area (Å²) >= 11 is 0. The van der Waals surface area contributed by atoms with E-state index in [0.29, 0.717) is 5.78 Å². The Morgan fingerprint density at radius 1 is 1.28 bits per heavy atom. The Morgan fingerprint density at radius 3 is 2.64 bits per heavy atom. The van der Waals surface area contributed by atoms with E-state index < -0.39 is 6.61 Å². The van der Waals surface area contributed by atoms with Gasteiger partial charge >= 0.3 is 6.61 Å². The molecule has 130 valence electrons. The first-order valence-corrected chi connectivity index (χ1v) is 7.41. The topological polar surface area (TPSA) is 72.6 Å². The van der Waals surface area contributed by atoms with Gasteiger partial charge in [0.1, 0.15) is 5.75 Å². The monoisotopic (exact) mass is 347 g/mol. The smallest absolute Gasteiger partial charge is 0.387 e. The number of aromatic nitrogens is 4. The summed E-state index contributed by atoms with van der Waals surface area (Å²) < 4.78 is 30.1. The second-order valence-corrected chi connectivity index (χ2v) is 5.42. The van der Waals surface area contributed by atoms with Crippen LogP contribution >= 0.6 is 0 Å². The maximum absolute atomic E-state index is 12.5. The summed E-state index contributed by atoms with van der Waals surface area (Å²) in [5.74, 6) is 0.0984. The number of aryl methyl sites for hydroxylation is 1. The molecule has 3 aromatic rings. The number of hydrogen-bond acceptors (Lipinski definition) is 5. The average molecular weight is 347 g/mol. The lowest BCUT2D eigenvalue weighted by Gasteiger charge is -2.15. The number of fused-ring (bicyclic) bond motifs is 1. The molecule has 1 aromatic carbocycles. The molecule has 7 nitrogen and oxygen atoms in total. The van der Waals surface area contributed by atoms with Crippen molar-refractivity contribution < 1.29 is 18.3 Å². The van der Waals surface area contributed by atoms with E-state index in [-0.39, 0.29) is 24.0 Å². The Morgan fingerprint density at radius 2 is 2.00 bits per heavy atom. The molecule has 0 aliphatic rings. The third kappa shape index (κ3) is 3.70. The fourth-order valence-corrected chi connectivity index (χ4v) is 2.29. The molecule has 9 heteroatoms. The molecule has 0 radical (unpaired) electrons. The van der Waals surface area contributed by atoms with Crippen LogP contribution in [0.5, 0.6) is 5.75 Å². The Kier molecular flexibility index (Phi) is 4.55. The van der Waals surface area contributed by atoms with Gasteiger partial charge in [-0.15, -0.1) is 5.10 Å². The number of ether oxygens (including phenoxy) is 1. The molecule has 0 saturated heterocycles. The molecular weight excluding hydrogens is 332 g/mol. The van der Waals surface area contributed by atoms with Gasteiger partial charge in [0.05, 0.1) is 0 Å². The van der Waals surface area contributed by atoms with Crippen LogP contribution in [0.15, 0.2) is 36.5 Å². The first-order chi connectivity index (χ1) is 11.9. The number of benzene rings is 1. The molecule has 0 fully saturated rings. The highest BCUT2D eigenvalue weighted by Gasteiger charge is 2.18. The zero-order valence-electron chi connectivity index (χ0n) is 13.6. The molecule has 0 atom stereocenters. The van der Waals surface area contributed by atoms with Crippen LogP contribution in [-0.4, -0.2) is 44.0 Å². The minimum atomic E-state index is -2.87. The van der Waals surface area contributed by atoms with Gasteiger partial charge in [-0.05, 0) is 30.7 Å². The van der Waals surface area contributed by atoms with Gasteiger partial charge in [-0.25, -0.2) is 9.50 Å². The highest BCUT2D eigenvalue weighted by atomic mass is 19.3. The van der Waals surface area contributed by atoms with Crippen molar-refractivity contribution in [2.24, 2.45) is 0 Å². The number of hydrogen-bond donors (Lipinski definition) is 0. The molecule has 2 heterocycles. The third-order valence-electron chi connectivity index (χ3n) is 3.54. The summed E-state index contributed by atoms with van der Waals surface area (Å²) in [6.45, 7) is -0.756. The predicted octanol–water partition coefficient (Wildman–Crippen LogP) is 2.31. The summed E-state index contributed by atoms with van der Waals surface area (Å²) in [4.78, 5) is 22.1. The van der Waals surface area contributed by atoms with Crippen molar-refractivity contribution >= 4 is 11.7 Å². The predicted molar refractivity (Wildman–Crippen MR) is 84.4 cm³/mol. The first kappa shape index (κ1) is 16.7. The number of nitrogens with zero attached hydrogens (tertiary/aromatic N) is 5. The Hall–Kier alpha value is -3.10. The molecule has 0 bridgehead atoms. The van der Waals surface area contributed by atoms with Crippen LogP contribution in [0, 0.1) is 6.92 Å². The van der Waals surface area contributed by atoms with Crippen LogP contribution in [0.4, 0.5) is 8.78 Å². The molecule has 0 unspecified atom stereocenters. The van der Waals surface area contributed by atoms with Crippen LogP contribution < -0.4 is 4.74 Å². The van der Waals surface area contributed by atoms with Crippen LogP contribution in [0.2, 0.25) is 0 Å². The molecule has 1 amide bonds. The largest absolute Gasteiger partial charge is 0.435 e. The average Bonchev–Trinajstić information content (AvgIpc) is 3.01. The van der Waals surface area contributed by atoms with E-state index in [0.717, 1.165) is 11.3 Å². The Bertz CT molecular complexity index is 895. The van der Waals surface area contributed by atoms with Crippen molar-refractivity contribution in [3.05, 3.63) is 53.6 Å². The summed E-state index contributed by atoms with van der Waals surface area (Å²) in [7, 11) is 1.61. The normalized spacial score (nSPS) is 11.1. The maximum Gasteiger partial charge on any atom is 0.387 e. The highest BCUT2D eigenvalue weighted by molar-refractivity contribution is 5.90. The molecule has 0 saturated carbocycles. The van der Waals surface area contributed by atoms with Gasteiger partial charge in [-0.1, -0.05) is 12.1 Å². The zero-order valence-corrected chi connectivity index (χ0v) is 13.6. The van der Waals surface area contributed by atoms with Gasteiger partial charge < -0.3 is 9.64 Å². The number of rotatable bonds is 5. The summed E-state index contributed by atoms with van der Waals surface area (Å²) in [6, 6.07) is 7.85. The van der Waals surface area contributed by atoms with Gasteiger partial charge in [0, 0.05) is 25.5 Å². The second kappa shape index (κ2) is 6.80. The molecule has 0 N–H and O–H groups in total. The van der Waals surface area contributed by atoms with Crippen molar-refractivity contribution in [1.82, 2.24) is 24.5 Å². The fraction of sp³-hybridized carbons (Fsp3) is 0.250. The fourth-order valence-electron chi connectivity index (χ4n) is 2.29. The zero-order chi connectivity index (χ0) is 18.0. The van der Waals surface area contributed by atoms with Gasteiger partial charge in [-0.2, -0.15) is 13.8 Å². The van der Waals surface area contributed by atoms with E-state index in [9.17, 15) is 13.6 Å². The first-order valence-electron chi connectivity index (χ1n) is 7.41. The molecule has 3 rings (SSSR count). The number of carbonyl (C=O) groups is 1. The lowest BCUT2D eigenvalue weighted by atomic mass is 10.2. The quantitative estimate of drug-likeness (QED) is 0.708. The summed E-state index contributed by atoms with van der Waals surface area (Å²) in [5, 5.41) is 4.17. The van der Waals surface area contributed by atoms with Gasteiger partial charge in [-0.3, -0.25) is 4.79 Å². The number of carbonyl (C=O) groups excluding carboxylic acids is 1. The Labute approximate surface area is 141 Å². The van der Waals surface area contributed by atoms with E-state index >= 15 is 0 Å². The standard InChI is InChI=1S/C16H15F2N5O2/c1-10-7-8-19-16-20-13(21-23(10)16)14(24)22(2)9-11-3-5-12(6-4-11)25-15(17)18/h3-8,15H,9H2,1-2H3. The van der Waals surface area contributed by atoms with Crippen molar-refractivity contribution in [1.29, 1.82) is 0 Å². The highest BCUT2D eigenvalue weighted by Crippen LogP contribution is 2.16. The van der Waals surface area contributed by atoms with Crippen LogP contribution in [0.25, 0.3) is 5.78 Å². The molecule has 2 aromatic heterocycles. The summed E-state index contributed by atoms with van der Waals surface area (Å²) in [5.41, 5.74) is 1.57. The van der Waals surface area contributed by atoms with Gasteiger partial charge in [0.25, 0.3) is 11.7 Å². The maximum atomic E-state index is 12.5. The summed E-state index contributed by atoms with van der Waals surface area (Å²) in [6.07, 6.45) is 1.60. The van der Waals surface area contributed by atoms with E-state index in [2.05, 4.69) is 19.8 Å². The number of alkyl halides is 2. The number of halogens is 2. The van der Waals surface area contributed by atoms with Crippen LogP contribution in [0.3, 0.4) is 0 Å². The molecule has 0 spiro atoms. The molecule has 0 aliphatic heterocycles. The van der Waals surface area contributed by atoms with Crippen molar-refractivity contribution in [3.8, 4) is 5.75 Å². The minimum Gasteiger partial charge on any atom is -0.435 e. The lowest BCUT2D eigenvalue weighted by molar-refractivity contribution is -0.0498. The SMILES string of the molecule is Cc1ccnc2nc(C(=O)N(C)Cc3ccc(OC(F)F)cc3)nn12. The van der Waals surface area contributed by atoms with Crippen LogP contribution in [-0.2, 0) is 6.54 Å². The second-order valence-electron chi connectivity index (χ2n) is 5.42. The Balaban J connectivity index is 1.72. The van der Waals surface area contributed by atoms with Gasteiger partial charge in [0.2, 0.25) is 5.82 Å². The number of amides is 1. The van der Waals surface area contributed by atoms with Crippen molar-refractivity contribution in [2.45, 2.75) is 20.1 Å². The lowest BCUT2D eigenvalue weighted by Crippen LogP contribution is -2.27. The molecular formula is C16H15F2N5O2. The third-order valence-corrected chi connectivity index (χ3v) is 3.54. The molecule has 25 heavy (non-hydrogen) atoms. The molecule has 0 aliphatic carbocycles.